The van der Waals surface area contributed by atoms with Crippen LogP contribution in [0.4, 0.5) is 4.39 Å². The molecular weight excluding hydrogens is 391 g/mol. The fourth-order valence-electron chi connectivity index (χ4n) is 3.25. The number of hydrogen-bond donors (Lipinski definition) is 0. The molecule has 0 saturated heterocycles. The zero-order chi connectivity index (χ0) is 20.0. The van der Waals surface area contributed by atoms with E-state index < -0.39 is 5.63 Å². The van der Waals surface area contributed by atoms with Crippen molar-refractivity contribution in [2.45, 2.75) is 6.92 Å². The van der Waals surface area contributed by atoms with E-state index in [0.29, 0.717) is 17.2 Å². The first-order valence-corrected chi connectivity index (χ1v) is 9.67. The van der Waals surface area contributed by atoms with Crippen molar-refractivity contribution in [3.8, 4) is 22.8 Å². The van der Waals surface area contributed by atoms with Crippen LogP contribution in [0.3, 0.4) is 0 Å². The molecule has 0 aliphatic carbocycles. The van der Waals surface area contributed by atoms with Gasteiger partial charge >= 0.3 is 5.63 Å². The van der Waals surface area contributed by atoms with Gasteiger partial charge in [0.15, 0.2) is 0 Å². The van der Waals surface area contributed by atoms with Gasteiger partial charge in [-0.3, -0.25) is 0 Å². The lowest BCUT2D eigenvalue weighted by atomic mass is 10.1. The summed E-state index contributed by atoms with van der Waals surface area (Å²) in [6.45, 7) is 1.86. The fourth-order valence-corrected chi connectivity index (χ4v) is 4.15. The summed E-state index contributed by atoms with van der Waals surface area (Å²) in [5, 5.41) is 3.53. The van der Waals surface area contributed by atoms with Crippen LogP contribution in [0.5, 0.6) is 11.6 Å². The van der Waals surface area contributed by atoms with Crippen LogP contribution in [0.1, 0.15) is 5.56 Å². The van der Waals surface area contributed by atoms with Gasteiger partial charge in [-0.1, -0.05) is 12.1 Å². The van der Waals surface area contributed by atoms with E-state index in [1.165, 1.54) is 35.9 Å². The number of thiophene rings is 1. The number of aryl methyl sites for hydroxylation is 1. The summed E-state index contributed by atoms with van der Waals surface area (Å²) >= 11 is 1.46. The Balaban J connectivity index is 1.62. The maximum atomic E-state index is 13.3. The Morgan fingerprint density at radius 1 is 1.07 bits per heavy atom. The molecule has 29 heavy (non-hydrogen) atoms. The van der Waals surface area contributed by atoms with Crippen molar-refractivity contribution >= 4 is 32.5 Å². The van der Waals surface area contributed by atoms with Crippen LogP contribution < -0.4 is 10.4 Å². The Hall–Kier alpha value is -3.58. The molecule has 3 aromatic heterocycles. The van der Waals surface area contributed by atoms with Crippen LogP contribution in [0.2, 0.25) is 0 Å². The first-order chi connectivity index (χ1) is 14.1. The molecule has 0 amide bonds. The molecule has 0 fully saturated rings. The first-order valence-electron chi connectivity index (χ1n) is 8.79. The predicted octanol–water partition coefficient (Wildman–Crippen LogP) is 5.70. The summed E-state index contributed by atoms with van der Waals surface area (Å²) in [6.07, 6.45) is 1.44. The molecule has 0 radical (unpaired) electrons. The zero-order valence-corrected chi connectivity index (χ0v) is 16.0. The van der Waals surface area contributed by atoms with E-state index in [1.807, 2.05) is 18.4 Å². The fraction of sp³-hybridized carbons (Fsp3) is 0.0455. The number of aromatic nitrogens is 2. The number of benzene rings is 2. The molecule has 0 unspecified atom stereocenters. The summed E-state index contributed by atoms with van der Waals surface area (Å²) in [5.41, 5.74) is 2.58. The number of halogens is 1. The van der Waals surface area contributed by atoms with Crippen molar-refractivity contribution in [1.29, 1.82) is 0 Å². The van der Waals surface area contributed by atoms with Gasteiger partial charge in [0.05, 0.1) is 5.39 Å². The van der Waals surface area contributed by atoms with Gasteiger partial charge in [0.1, 0.15) is 28.3 Å². The molecule has 0 aliphatic rings. The average molecular weight is 404 g/mol. The van der Waals surface area contributed by atoms with Crippen LogP contribution in [0, 0.1) is 12.7 Å². The van der Waals surface area contributed by atoms with Gasteiger partial charge in [-0.15, -0.1) is 11.3 Å². The van der Waals surface area contributed by atoms with Gasteiger partial charge in [0.2, 0.25) is 5.88 Å². The van der Waals surface area contributed by atoms with Gasteiger partial charge in [-0.2, -0.15) is 0 Å². The predicted molar refractivity (Wildman–Crippen MR) is 110 cm³/mol. The van der Waals surface area contributed by atoms with E-state index in [4.69, 9.17) is 9.15 Å². The molecule has 5 rings (SSSR count). The van der Waals surface area contributed by atoms with Crippen molar-refractivity contribution in [2.75, 3.05) is 0 Å². The molecule has 0 saturated carbocycles. The normalized spacial score (nSPS) is 11.2. The van der Waals surface area contributed by atoms with E-state index in [9.17, 15) is 9.18 Å². The van der Waals surface area contributed by atoms with Crippen LogP contribution in [0.25, 0.3) is 32.3 Å². The lowest BCUT2D eigenvalue weighted by Crippen LogP contribution is -1.98. The molecule has 142 valence electrons. The first kappa shape index (κ1) is 17.5. The minimum Gasteiger partial charge on any atom is -0.438 e. The van der Waals surface area contributed by atoms with Crippen LogP contribution >= 0.6 is 11.3 Å². The van der Waals surface area contributed by atoms with Crippen LogP contribution in [0.15, 0.2) is 69.5 Å². The van der Waals surface area contributed by atoms with E-state index in [1.54, 1.807) is 24.3 Å². The maximum Gasteiger partial charge on any atom is 0.336 e. The molecule has 0 N–H and O–H groups in total. The van der Waals surface area contributed by atoms with Crippen molar-refractivity contribution < 1.29 is 13.5 Å². The summed E-state index contributed by atoms with van der Waals surface area (Å²) in [4.78, 5) is 21.1. The number of hydrogen-bond acceptors (Lipinski definition) is 6. The Bertz CT molecular complexity index is 1420. The van der Waals surface area contributed by atoms with Crippen molar-refractivity contribution in [3.63, 3.8) is 0 Å². The zero-order valence-electron chi connectivity index (χ0n) is 15.2. The third-order valence-electron chi connectivity index (χ3n) is 4.63. The largest absolute Gasteiger partial charge is 0.438 e. The standard InChI is InChI=1S/C22H13FN2O3S/c1-12-8-19(26)28-18-9-15(6-7-16(12)18)27-21-20-17(10-29-22(20)25-11-24-21)13-2-4-14(23)5-3-13/h2-11H,1H3. The smallest absolute Gasteiger partial charge is 0.336 e. The molecule has 2 aromatic carbocycles. The third-order valence-corrected chi connectivity index (χ3v) is 5.51. The quantitative estimate of drug-likeness (QED) is 0.361. The summed E-state index contributed by atoms with van der Waals surface area (Å²) in [7, 11) is 0. The van der Waals surface area contributed by atoms with Crippen molar-refractivity contribution in [2.24, 2.45) is 0 Å². The molecule has 0 bridgehead atoms. The number of nitrogens with zero attached hydrogens (tertiary/aromatic N) is 2. The third kappa shape index (κ3) is 3.15. The van der Waals surface area contributed by atoms with E-state index in [-0.39, 0.29) is 5.82 Å². The number of fused-ring (bicyclic) bond motifs is 2. The highest BCUT2D eigenvalue weighted by Gasteiger charge is 2.15. The van der Waals surface area contributed by atoms with Crippen LogP contribution in [-0.4, -0.2) is 9.97 Å². The Labute approximate surface area is 168 Å². The molecule has 7 heteroatoms. The number of ether oxygens (including phenoxy) is 1. The Morgan fingerprint density at radius 3 is 2.72 bits per heavy atom. The molecule has 0 aliphatic heterocycles. The van der Waals surface area contributed by atoms with Gasteiger partial charge in [0, 0.05) is 28.5 Å². The lowest BCUT2D eigenvalue weighted by Gasteiger charge is -2.08. The van der Waals surface area contributed by atoms with Gasteiger partial charge in [0.25, 0.3) is 0 Å². The van der Waals surface area contributed by atoms with Gasteiger partial charge in [-0.05, 0) is 42.3 Å². The average Bonchev–Trinajstić information content (AvgIpc) is 3.13. The topological polar surface area (TPSA) is 65.2 Å². The van der Waals surface area contributed by atoms with E-state index in [0.717, 1.165) is 32.3 Å². The lowest BCUT2D eigenvalue weighted by molar-refractivity contribution is 0.466. The number of rotatable bonds is 3. The van der Waals surface area contributed by atoms with Crippen molar-refractivity contribution in [1.82, 2.24) is 9.97 Å². The molecule has 5 aromatic rings. The molecule has 3 heterocycles. The molecule has 0 atom stereocenters. The summed E-state index contributed by atoms with van der Waals surface area (Å²) in [5.74, 6) is 0.571. The van der Waals surface area contributed by atoms with Crippen LogP contribution in [-0.2, 0) is 0 Å². The minimum atomic E-state index is -0.409. The minimum absolute atomic E-state index is 0.297. The molecular formula is C22H13FN2O3S. The Kier molecular flexibility index (Phi) is 4.10. The van der Waals surface area contributed by atoms with E-state index in [2.05, 4.69) is 9.97 Å². The molecule has 5 nitrogen and oxygen atoms in total. The van der Waals surface area contributed by atoms with Crippen molar-refractivity contribution in [3.05, 3.63) is 82.0 Å². The van der Waals surface area contributed by atoms with Gasteiger partial charge < -0.3 is 9.15 Å². The monoisotopic (exact) mass is 404 g/mol. The summed E-state index contributed by atoms with van der Waals surface area (Å²) < 4.78 is 24.7. The van der Waals surface area contributed by atoms with Gasteiger partial charge in [-0.25, -0.2) is 19.2 Å². The second kappa shape index (κ2) is 6.79. The second-order valence-electron chi connectivity index (χ2n) is 6.52. The maximum absolute atomic E-state index is 13.3. The Morgan fingerprint density at radius 2 is 1.90 bits per heavy atom. The highest BCUT2D eigenvalue weighted by molar-refractivity contribution is 7.17. The molecule has 0 spiro atoms. The highest BCUT2D eigenvalue weighted by atomic mass is 32.1. The highest BCUT2D eigenvalue weighted by Crippen LogP contribution is 2.39. The second-order valence-corrected chi connectivity index (χ2v) is 7.38. The summed E-state index contributed by atoms with van der Waals surface area (Å²) in [6, 6.07) is 13.0. The SMILES string of the molecule is Cc1cc(=O)oc2cc(Oc3ncnc4scc(-c5ccc(F)cc5)c34)ccc12. The van der Waals surface area contributed by atoms with E-state index >= 15 is 0 Å².